The van der Waals surface area contributed by atoms with Crippen molar-refractivity contribution in [2.45, 2.75) is 67.0 Å². The van der Waals surface area contributed by atoms with Crippen molar-refractivity contribution >= 4 is 46.1 Å². The van der Waals surface area contributed by atoms with Gasteiger partial charge in [-0.15, -0.1) is 0 Å². The third-order valence-corrected chi connectivity index (χ3v) is 15.3. The summed E-state index contributed by atoms with van der Waals surface area (Å²) >= 11 is 1.65. The predicted molar refractivity (Wildman–Crippen MR) is 144 cm³/mol. The summed E-state index contributed by atoms with van der Waals surface area (Å²) in [5, 5.41) is 15.9. The molecule has 0 amide bonds. The van der Waals surface area contributed by atoms with Gasteiger partial charge < -0.3 is 0 Å². The first-order valence-corrected chi connectivity index (χ1v) is 20.6. The van der Waals surface area contributed by atoms with E-state index in [-0.39, 0.29) is 18.6 Å². The third kappa shape index (κ3) is 4.09. The summed E-state index contributed by atoms with van der Waals surface area (Å²) < 4.78 is 6.95. The average molecular weight is 600 g/mol. The number of halogens is 1. The molecule has 0 saturated carbocycles. The van der Waals surface area contributed by atoms with Crippen LogP contribution in [0.1, 0.15) is 42.0 Å². The molecule has 2 aliphatic heterocycles. The second-order valence-corrected chi connectivity index (χ2v) is 22.5. The minimum atomic E-state index is -1.93. The number of esters is 1. The number of nitrogens with zero attached hydrogens (tertiary/aromatic N) is 2. The summed E-state index contributed by atoms with van der Waals surface area (Å²) in [5.74, 6) is 4.31. The summed E-state index contributed by atoms with van der Waals surface area (Å²) in [4.78, 5) is 31.0. The SMILES string of the molecule is CC[C@@]1(O)C(=O)OCc2c1cc1n(c2=O)Cc2c-1nc1ccccc1c2C[CH2][Ge]([CH3])([CH3])[CH2]CCBr. The number of carbonyl (C=O) groups excluding carboxylic acids is 1. The molecule has 0 fully saturated rings. The molecule has 2 aromatic heterocycles. The second kappa shape index (κ2) is 9.16. The number of alkyl halides is 1. The molecule has 184 valence electrons. The molecule has 0 radical (unpaired) electrons. The van der Waals surface area contributed by atoms with Gasteiger partial charge in [0, 0.05) is 0 Å². The van der Waals surface area contributed by atoms with Crippen LogP contribution < -0.4 is 5.56 Å². The molecule has 1 N–H and O–H groups in total. The van der Waals surface area contributed by atoms with Crippen LogP contribution in [0.3, 0.4) is 0 Å². The molecule has 0 saturated heterocycles. The normalized spacial score (nSPS) is 18.8. The van der Waals surface area contributed by atoms with E-state index in [1.54, 1.807) is 17.6 Å². The number of para-hydroxylation sites is 1. The number of aromatic nitrogens is 2. The molecule has 0 unspecified atom stereocenters. The molecule has 3 aromatic rings. The van der Waals surface area contributed by atoms with Gasteiger partial charge in [0.05, 0.1) is 0 Å². The van der Waals surface area contributed by atoms with Gasteiger partial charge in [0.15, 0.2) is 0 Å². The van der Waals surface area contributed by atoms with Crippen LogP contribution in [0.5, 0.6) is 0 Å². The van der Waals surface area contributed by atoms with Crippen molar-refractivity contribution in [3.05, 3.63) is 62.9 Å². The Labute approximate surface area is 216 Å². The summed E-state index contributed by atoms with van der Waals surface area (Å²) in [7, 11) is 0. The van der Waals surface area contributed by atoms with Crippen molar-refractivity contribution < 1.29 is 14.6 Å². The molecule has 0 aliphatic carbocycles. The van der Waals surface area contributed by atoms with E-state index in [1.165, 1.54) is 22.5 Å². The molecule has 8 heteroatoms. The predicted octanol–water partition coefficient (Wildman–Crippen LogP) is 5.12. The number of fused-ring (bicyclic) bond motifs is 5. The van der Waals surface area contributed by atoms with Gasteiger partial charge in [0.2, 0.25) is 0 Å². The zero-order valence-electron chi connectivity index (χ0n) is 20.5. The Bertz CT molecular complexity index is 1400. The van der Waals surface area contributed by atoms with Gasteiger partial charge >= 0.3 is 217 Å². The molecule has 6 nitrogen and oxygen atoms in total. The van der Waals surface area contributed by atoms with Crippen LogP contribution in [-0.4, -0.2) is 39.2 Å². The van der Waals surface area contributed by atoms with Crippen molar-refractivity contribution in [1.82, 2.24) is 9.55 Å². The fourth-order valence-electron chi connectivity index (χ4n) is 5.53. The van der Waals surface area contributed by atoms with Crippen LogP contribution in [0.2, 0.25) is 22.0 Å². The van der Waals surface area contributed by atoms with Crippen LogP contribution in [0, 0.1) is 0 Å². The number of benzene rings is 1. The Morgan fingerprint density at radius 1 is 1.20 bits per heavy atom. The molecular formula is C27H31BrGeN2O4. The summed E-state index contributed by atoms with van der Waals surface area (Å²) in [6, 6.07) is 10.00. The number of pyridine rings is 2. The minimum absolute atomic E-state index is 0.108. The van der Waals surface area contributed by atoms with E-state index in [9.17, 15) is 14.7 Å². The van der Waals surface area contributed by atoms with Crippen molar-refractivity contribution in [1.29, 1.82) is 0 Å². The number of carbonyl (C=O) groups is 1. The molecule has 2 aliphatic rings. The number of hydrogen-bond donors (Lipinski definition) is 1. The topological polar surface area (TPSA) is 81.4 Å². The van der Waals surface area contributed by atoms with Gasteiger partial charge in [-0.1, -0.05) is 0 Å². The summed E-state index contributed by atoms with van der Waals surface area (Å²) in [6.07, 6.45) is 2.33. The van der Waals surface area contributed by atoms with Crippen LogP contribution in [0.25, 0.3) is 22.3 Å². The number of hydrogen-bond acceptors (Lipinski definition) is 5. The molecule has 1 atom stereocenters. The van der Waals surface area contributed by atoms with E-state index in [0.717, 1.165) is 33.9 Å². The van der Waals surface area contributed by atoms with Crippen molar-refractivity contribution in [3.8, 4) is 11.4 Å². The summed E-state index contributed by atoms with van der Waals surface area (Å²) in [6.45, 7) is 2.07. The van der Waals surface area contributed by atoms with E-state index in [2.05, 4.69) is 39.6 Å². The monoisotopic (exact) mass is 600 g/mol. The fraction of sp³-hybridized carbons (Fsp3) is 0.444. The van der Waals surface area contributed by atoms with E-state index in [0.29, 0.717) is 23.4 Å². The van der Waals surface area contributed by atoms with Crippen LogP contribution in [0.15, 0.2) is 35.1 Å². The van der Waals surface area contributed by atoms with Crippen LogP contribution in [-0.2, 0) is 34.7 Å². The van der Waals surface area contributed by atoms with Crippen molar-refractivity contribution in [2.24, 2.45) is 0 Å². The first kappa shape index (κ1) is 24.7. The third-order valence-electron chi connectivity index (χ3n) is 7.75. The fourth-order valence-corrected chi connectivity index (χ4v) is 11.7. The summed E-state index contributed by atoms with van der Waals surface area (Å²) in [5.41, 5.74) is 3.47. The zero-order chi connectivity index (χ0) is 25.0. The average Bonchev–Trinajstić information content (AvgIpc) is 3.22. The van der Waals surface area contributed by atoms with Gasteiger partial charge in [-0.25, -0.2) is 0 Å². The van der Waals surface area contributed by atoms with Gasteiger partial charge in [0.25, 0.3) is 0 Å². The van der Waals surface area contributed by atoms with Gasteiger partial charge in [-0.3, -0.25) is 0 Å². The number of aliphatic hydroxyl groups is 1. The van der Waals surface area contributed by atoms with E-state index >= 15 is 0 Å². The quantitative estimate of drug-likeness (QED) is 0.181. The molecule has 1 aromatic carbocycles. The molecule has 0 bridgehead atoms. The van der Waals surface area contributed by atoms with Gasteiger partial charge in [-0.2, -0.15) is 0 Å². The molecule has 35 heavy (non-hydrogen) atoms. The standard InChI is InChI=1S/C27H31BrGeN2O4/c1-4-27(34)21-14-23-24-19(15-31(23)25(32)20(21)16-35-26(27)33)17(10-13-29(2,3)12-7-11-28)18-8-5-6-9-22(18)30-24/h5-6,8-9,14,34H,4,7,10-13,15-16H2,1-3H3/t27-/m0/s1. The maximum atomic E-state index is 13.6. The van der Waals surface area contributed by atoms with Crippen molar-refractivity contribution in [2.75, 3.05) is 5.33 Å². The Hall–Kier alpha value is -1.97. The van der Waals surface area contributed by atoms with E-state index in [4.69, 9.17) is 9.72 Å². The van der Waals surface area contributed by atoms with Gasteiger partial charge in [0.1, 0.15) is 0 Å². The molecule has 0 spiro atoms. The number of rotatable bonds is 7. The molecular weight excluding hydrogens is 569 g/mol. The van der Waals surface area contributed by atoms with E-state index < -0.39 is 24.8 Å². The maximum absolute atomic E-state index is 13.6. The van der Waals surface area contributed by atoms with Crippen LogP contribution in [0.4, 0.5) is 0 Å². The Balaban J connectivity index is 1.66. The number of aryl methyl sites for hydroxylation is 1. The molecule has 5 rings (SSSR count). The molecule has 4 heterocycles. The Morgan fingerprint density at radius 3 is 2.71 bits per heavy atom. The Kier molecular flexibility index (Phi) is 6.47. The van der Waals surface area contributed by atoms with E-state index in [1.807, 2.05) is 12.1 Å². The first-order chi connectivity index (χ1) is 16.7. The first-order valence-electron chi connectivity index (χ1n) is 12.3. The zero-order valence-corrected chi connectivity index (χ0v) is 24.2. The van der Waals surface area contributed by atoms with Gasteiger partial charge in [-0.05, 0) is 0 Å². The second-order valence-electron chi connectivity index (χ2n) is 10.5. The Morgan fingerprint density at radius 2 is 1.97 bits per heavy atom. The number of ether oxygens (including phenoxy) is 1. The van der Waals surface area contributed by atoms with Crippen molar-refractivity contribution in [3.63, 3.8) is 0 Å². The number of cyclic esters (lactones) is 1. The van der Waals surface area contributed by atoms with Crippen LogP contribution >= 0.6 is 15.9 Å².